The summed E-state index contributed by atoms with van der Waals surface area (Å²) < 4.78 is 7.47. The fourth-order valence-electron chi connectivity index (χ4n) is 4.71. The number of rotatable bonds is 8. The minimum absolute atomic E-state index is 0.0543. The molecule has 210 valence electrons. The Morgan fingerprint density at radius 2 is 1.74 bits per heavy atom. The van der Waals surface area contributed by atoms with Crippen LogP contribution in [0, 0.1) is 18.3 Å². The highest BCUT2D eigenvalue weighted by Gasteiger charge is 2.35. The van der Waals surface area contributed by atoms with Gasteiger partial charge >= 0.3 is 0 Å². The van der Waals surface area contributed by atoms with Gasteiger partial charge in [-0.05, 0) is 67.8 Å². The highest BCUT2D eigenvalue weighted by atomic mass is 35.5. The molecule has 0 bridgehead atoms. The normalized spacial score (nSPS) is 14.5. The molecule has 8 heteroatoms. The molecule has 4 aromatic rings. The lowest BCUT2D eigenvalue weighted by molar-refractivity contribution is -0.141. The molecule has 0 saturated carbocycles. The van der Waals surface area contributed by atoms with Gasteiger partial charge in [-0.15, -0.1) is 0 Å². The zero-order valence-electron chi connectivity index (χ0n) is 23.6. The summed E-state index contributed by atoms with van der Waals surface area (Å²) in [5.74, 6) is -0.501. The molecule has 5 rings (SSSR count). The van der Waals surface area contributed by atoms with E-state index >= 15 is 0 Å². The van der Waals surface area contributed by atoms with Gasteiger partial charge in [-0.25, -0.2) is 4.68 Å². The fraction of sp³-hybridized carbons (Fsp3) is 0.176. The predicted molar refractivity (Wildman–Crippen MR) is 163 cm³/mol. The number of para-hydroxylation sites is 1. The van der Waals surface area contributed by atoms with Gasteiger partial charge in [-0.2, -0.15) is 10.4 Å². The number of halogens is 1. The van der Waals surface area contributed by atoms with Crippen molar-refractivity contribution in [3.63, 3.8) is 0 Å². The van der Waals surface area contributed by atoms with Crippen LogP contribution in [-0.4, -0.2) is 33.1 Å². The van der Waals surface area contributed by atoms with Crippen molar-refractivity contribution in [1.82, 2.24) is 14.7 Å². The molecule has 0 radical (unpaired) electrons. The minimum Gasteiger partial charge on any atom is -0.492 e. The molecule has 0 aliphatic carbocycles. The molecule has 0 saturated heterocycles. The Morgan fingerprint density at radius 3 is 2.40 bits per heavy atom. The lowest BCUT2D eigenvalue weighted by atomic mass is 9.93. The average Bonchev–Trinajstić information content (AvgIpc) is 3.42. The zero-order chi connectivity index (χ0) is 29.8. The zero-order valence-corrected chi connectivity index (χ0v) is 24.4. The molecular weight excluding hydrogens is 548 g/mol. The molecule has 0 spiro atoms. The van der Waals surface area contributed by atoms with Crippen LogP contribution in [0.25, 0.3) is 23.0 Å². The number of carbonyl (C=O) groups excluding carboxylic acids is 2. The van der Waals surface area contributed by atoms with E-state index in [1.807, 2.05) is 86.8 Å². The number of nitriles is 1. The maximum Gasteiger partial charge on any atom is 0.271 e. The van der Waals surface area contributed by atoms with Crippen molar-refractivity contribution in [3.8, 4) is 28.8 Å². The van der Waals surface area contributed by atoms with Crippen LogP contribution in [0.4, 0.5) is 0 Å². The highest BCUT2D eigenvalue weighted by Crippen LogP contribution is 2.35. The minimum atomic E-state index is -0.604. The molecule has 2 heterocycles. The Morgan fingerprint density at radius 1 is 1.00 bits per heavy atom. The number of hydrogen-bond acceptors (Lipinski definition) is 5. The molecule has 3 aromatic carbocycles. The number of aryl methyl sites for hydroxylation is 1. The van der Waals surface area contributed by atoms with Crippen molar-refractivity contribution >= 4 is 29.5 Å². The van der Waals surface area contributed by atoms with Crippen LogP contribution >= 0.6 is 11.6 Å². The van der Waals surface area contributed by atoms with Crippen LogP contribution in [0.2, 0.25) is 5.02 Å². The van der Waals surface area contributed by atoms with E-state index in [0.29, 0.717) is 34.2 Å². The number of ether oxygens (including phenoxy) is 1. The van der Waals surface area contributed by atoms with Crippen LogP contribution in [0.15, 0.2) is 95.7 Å². The summed E-state index contributed by atoms with van der Waals surface area (Å²) in [6.45, 7) is 6.22. The molecule has 0 unspecified atom stereocenters. The van der Waals surface area contributed by atoms with Gasteiger partial charge in [-0.3, -0.25) is 14.5 Å². The lowest BCUT2D eigenvalue weighted by Crippen LogP contribution is -2.42. The van der Waals surface area contributed by atoms with Gasteiger partial charge in [-0.1, -0.05) is 66.6 Å². The quantitative estimate of drug-likeness (QED) is 0.165. The molecule has 2 amide bonds. The standard InChI is InChI=1S/C34H29ClN4O3/c1-4-16-42-31-15-14-25(18-30(31)35)32-26(21-39(37-32)27-8-6-5-7-9-27)17-28-23(3)29(19-36)34(41)38(33(28)40)20-24-12-10-22(2)11-13-24/h5-15,17-18,21H,4,16,20H2,1-3H3/b28-17+. The van der Waals surface area contributed by atoms with E-state index in [1.165, 1.54) is 0 Å². The van der Waals surface area contributed by atoms with E-state index in [1.54, 1.807) is 29.8 Å². The third kappa shape index (κ3) is 5.76. The van der Waals surface area contributed by atoms with Gasteiger partial charge in [0.25, 0.3) is 11.8 Å². The molecule has 7 nitrogen and oxygen atoms in total. The second-order valence-corrected chi connectivity index (χ2v) is 10.5. The first-order chi connectivity index (χ1) is 20.3. The van der Waals surface area contributed by atoms with E-state index in [2.05, 4.69) is 0 Å². The van der Waals surface area contributed by atoms with Crippen LogP contribution in [0.3, 0.4) is 0 Å². The molecular formula is C34H29ClN4O3. The summed E-state index contributed by atoms with van der Waals surface area (Å²) in [5.41, 5.74) is 5.13. The summed E-state index contributed by atoms with van der Waals surface area (Å²) in [6.07, 6.45) is 4.37. The van der Waals surface area contributed by atoms with E-state index in [-0.39, 0.29) is 17.7 Å². The monoisotopic (exact) mass is 576 g/mol. The van der Waals surface area contributed by atoms with E-state index in [4.69, 9.17) is 21.4 Å². The van der Waals surface area contributed by atoms with E-state index in [0.717, 1.165) is 33.7 Å². The number of amides is 2. The van der Waals surface area contributed by atoms with Crippen molar-refractivity contribution in [2.24, 2.45) is 0 Å². The Bertz CT molecular complexity index is 1760. The summed E-state index contributed by atoms with van der Waals surface area (Å²) in [4.78, 5) is 28.2. The van der Waals surface area contributed by atoms with Gasteiger partial charge in [0, 0.05) is 22.9 Å². The summed E-state index contributed by atoms with van der Waals surface area (Å²) in [6, 6.07) is 24.7. The molecule has 1 aliphatic heterocycles. The molecule has 0 N–H and O–H groups in total. The highest BCUT2D eigenvalue weighted by molar-refractivity contribution is 6.32. The number of nitrogens with zero attached hydrogens (tertiary/aromatic N) is 4. The SMILES string of the molecule is CCCOc1ccc(-c2nn(-c3ccccc3)cc2/C=C2/C(=O)N(Cc3ccc(C)cc3)C(=O)C(C#N)=C2C)cc1Cl. The number of hydrogen-bond donors (Lipinski definition) is 0. The van der Waals surface area contributed by atoms with Gasteiger partial charge in [0.2, 0.25) is 0 Å². The number of aromatic nitrogens is 2. The van der Waals surface area contributed by atoms with Crippen molar-refractivity contribution in [2.45, 2.75) is 33.7 Å². The number of imide groups is 1. The first-order valence-corrected chi connectivity index (χ1v) is 14.0. The predicted octanol–water partition coefficient (Wildman–Crippen LogP) is 7.08. The maximum atomic E-state index is 13.8. The first-order valence-electron chi connectivity index (χ1n) is 13.6. The fourth-order valence-corrected chi connectivity index (χ4v) is 4.95. The third-order valence-electron chi connectivity index (χ3n) is 7.02. The van der Waals surface area contributed by atoms with Crippen molar-refractivity contribution in [3.05, 3.63) is 117 Å². The maximum absolute atomic E-state index is 13.8. The topological polar surface area (TPSA) is 88.2 Å². The van der Waals surface area contributed by atoms with Crippen LogP contribution in [0.5, 0.6) is 5.75 Å². The van der Waals surface area contributed by atoms with Crippen LogP contribution < -0.4 is 4.74 Å². The largest absolute Gasteiger partial charge is 0.492 e. The van der Waals surface area contributed by atoms with Gasteiger partial charge in [0.05, 0.1) is 23.9 Å². The Balaban J connectivity index is 1.63. The Labute approximate surface area is 249 Å². The second-order valence-electron chi connectivity index (χ2n) is 10.1. The summed E-state index contributed by atoms with van der Waals surface area (Å²) in [5, 5.41) is 15.2. The van der Waals surface area contributed by atoms with E-state index in [9.17, 15) is 14.9 Å². The van der Waals surface area contributed by atoms with Gasteiger partial charge in [0.15, 0.2) is 0 Å². The van der Waals surface area contributed by atoms with Gasteiger partial charge in [0.1, 0.15) is 23.1 Å². The van der Waals surface area contributed by atoms with Crippen LogP contribution in [-0.2, 0) is 16.1 Å². The molecule has 0 fully saturated rings. The Hall–Kier alpha value is -4.93. The number of benzene rings is 3. The molecule has 1 aliphatic rings. The second kappa shape index (κ2) is 12.3. The lowest BCUT2D eigenvalue weighted by Gasteiger charge is -2.27. The third-order valence-corrected chi connectivity index (χ3v) is 7.31. The van der Waals surface area contributed by atoms with Crippen LogP contribution in [0.1, 0.15) is 37.0 Å². The van der Waals surface area contributed by atoms with Crippen molar-refractivity contribution < 1.29 is 14.3 Å². The van der Waals surface area contributed by atoms with Gasteiger partial charge < -0.3 is 4.74 Å². The molecule has 1 aromatic heterocycles. The smallest absolute Gasteiger partial charge is 0.271 e. The average molecular weight is 577 g/mol. The van der Waals surface area contributed by atoms with Crippen molar-refractivity contribution in [1.29, 1.82) is 5.26 Å². The van der Waals surface area contributed by atoms with E-state index < -0.39 is 11.8 Å². The first kappa shape index (κ1) is 28.6. The number of carbonyl (C=O) groups is 2. The van der Waals surface area contributed by atoms with Crippen molar-refractivity contribution in [2.75, 3.05) is 6.61 Å². The molecule has 0 atom stereocenters. The summed E-state index contributed by atoms with van der Waals surface area (Å²) >= 11 is 6.57. The Kier molecular flexibility index (Phi) is 8.37. The molecule has 42 heavy (non-hydrogen) atoms. The summed E-state index contributed by atoms with van der Waals surface area (Å²) in [7, 11) is 0.